The first kappa shape index (κ1) is 45.1. The van der Waals surface area contributed by atoms with Gasteiger partial charge in [0.15, 0.2) is 24.3 Å². The Morgan fingerprint density at radius 2 is 1.11 bits per heavy atom. The highest BCUT2D eigenvalue weighted by molar-refractivity contribution is 9.09. The van der Waals surface area contributed by atoms with Crippen molar-refractivity contribution in [2.24, 2.45) is 0 Å². The van der Waals surface area contributed by atoms with E-state index in [0.717, 1.165) is 4.90 Å². The summed E-state index contributed by atoms with van der Waals surface area (Å²) in [5, 5.41) is -1.26. The van der Waals surface area contributed by atoms with Gasteiger partial charge in [0, 0.05) is 0 Å². The van der Waals surface area contributed by atoms with Crippen LogP contribution in [0.25, 0.3) is 0 Å². The van der Waals surface area contributed by atoms with E-state index in [1.165, 1.54) is 24.3 Å². The number of nitrogens with zero attached hydrogens (tertiary/aromatic N) is 1. The Bertz CT molecular complexity index is 2340. The Kier molecular flexibility index (Phi) is 13.6. The van der Waals surface area contributed by atoms with Crippen molar-refractivity contribution in [1.29, 1.82) is 0 Å². The zero-order chi connectivity index (χ0) is 45.1. The molecule has 4 aliphatic rings. The van der Waals surface area contributed by atoms with Crippen LogP contribution in [0.2, 0.25) is 0 Å². The molecule has 4 aliphatic heterocycles. The Labute approximate surface area is 380 Å². The summed E-state index contributed by atoms with van der Waals surface area (Å²) in [7, 11) is 0. The molecule has 334 valence electrons. The smallest absolute Gasteiger partial charge is 0.338 e. The monoisotopic (exact) mass is 961 g/mol. The Balaban J connectivity index is 1.19. The third-order valence-electron chi connectivity index (χ3n) is 10.9. The lowest BCUT2D eigenvalue weighted by molar-refractivity contribution is -0.322. The average Bonchev–Trinajstić information content (AvgIpc) is 3.77. The molecule has 64 heavy (non-hydrogen) atoms. The minimum absolute atomic E-state index is 0.0921. The standard InChI is InChI=1S/C46H41BrClNO15/c1-46(2)63-35-31(24-57-43(54)26-16-8-4-9-17-26)59-45(38(37(35)64-46)61-44(55)27-18-10-5-11-19-27)62-34-30(23-56-42(53)25-14-6-3-7-15-25)58-39(47)33(36(34)60-32(50)22-48)49-40(51)28-20-12-13-21-29(28)41(49)52/h3-21,30-31,33-39,45H,22-24H2,1-2H3. The van der Waals surface area contributed by atoms with Gasteiger partial charge in [0.25, 0.3) is 11.8 Å². The normalized spacial score (nSPS) is 28.1. The van der Waals surface area contributed by atoms with Gasteiger partial charge in [-0.25, -0.2) is 14.4 Å². The maximum Gasteiger partial charge on any atom is 0.338 e. The molecule has 0 spiro atoms. The zero-order valence-electron chi connectivity index (χ0n) is 34.2. The second kappa shape index (κ2) is 19.3. The third kappa shape index (κ3) is 9.47. The van der Waals surface area contributed by atoms with Crippen LogP contribution in [-0.2, 0) is 47.4 Å². The first-order chi connectivity index (χ1) is 30.8. The Morgan fingerprint density at radius 1 is 0.625 bits per heavy atom. The molecule has 0 bridgehead atoms. The van der Waals surface area contributed by atoms with Crippen molar-refractivity contribution in [2.45, 2.75) is 79.7 Å². The molecule has 4 aromatic rings. The number of alkyl halides is 2. The number of ether oxygens (including phenoxy) is 9. The fourth-order valence-electron chi connectivity index (χ4n) is 8.00. The van der Waals surface area contributed by atoms with E-state index >= 15 is 0 Å². The van der Waals surface area contributed by atoms with E-state index < -0.39 is 121 Å². The summed E-state index contributed by atoms with van der Waals surface area (Å²) in [5.41, 5.74) is 0.830. The number of carbonyl (C=O) groups excluding carboxylic acids is 6. The zero-order valence-corrected chi connectivity index (χ0v) is 36.5. The summed E-state index contributed by atoms with van der Waals surface area (Å²) < 4.78 is 56.0. The maximum atomic E-state index is 14.1. The molecule has 18 heteroatoms. The van der Waals surface area contributed by atoms with Crippen LogP contribution in [0.5, 0.6) is 0 Å². The Hall–Kier alpha value is -5.53. The molecule has 3 fully saturated rings. The summed E-state index contributed by atoms with van der Waals surface area (Å²) >= 11 is 9.48. The molecule has 0 saturated carbocycles. The van der Waals surface area contributed by atoms with Crippen LogP contribution < -0.4 is 0 Å². The van der Waals surface area contributed by atoms with Gasteiger partial charge in [-0.05, 0) is 62.4 Å². The van der Waals surface area contributed by atoms with E-state index in [9.17, 15) is 28.8 Å². The third-order valence-corrected chi connectivity index (χ3v) is 11.8. The number of fused-ring (bicyclic) bond motifs is 2. The van der Waals surface area contributed by atoms with E-state index in [4.69, 9.17) is 54.2 Å². The van der Waals surface area contributed by atoms with Crippen LogP contribution in [0, 0.1) is 0 Å². The van der Waals surface area contributed by atoms with Crippen LogP contribution in [-0.4, -0.2) is 126 Å². The second-order valence-electron chi connectivity index (χ2n) is 15.5. The number of esters is 4. The van der Waals surface area contributed by atoms with Crippen molar-refractivity contribution in [1.82, 2.24) is 4.90 Å². The molecule has 3 saturated heterocycles. The van der Waals surface area contributed by atoms with Crippen molar-refractivity contribution in [3.05, 3.63) is 143 Å². The van der Waals surface area contributed by atoms with Crippen LogP contribution in [0.1, 0.15) is 65.6 Å². The van der Waals surface area contributed by atoms with E-state index in [1.54, 1.807) is 105 Å². The number of carbonyl (C=O) groups is 6. The van der Waals surface area contributed by atoms with Gasteiger partial charge >= 0.3 is 23.9 Å². The highest BCUT2D eigenvalue weighted by Crippen LogP contribution is 2.42. The Morgan fingerprint density at radius 3 is 1.64 bits per heavy atom. The van der Waals surface area contributed by atoms with Gasteiger partial charge in [-0.2, -0.15) is 0 Å². The van der Waals surface area contributed by atoms with Gasteiger partial charge in [-0.3, -0.25) is 19.3 Å². The van der Waals surface area contributed by atoms with Crippen LogP contribution in [0.4, 0.5) is 0 Å². The first-order valence-electron chi connectivity index (χ1n) is 20.2. The fourth-order valence-corrected chi connectivity index (χ4v) is 8.88. The predicted molar refractivity (Wildman–Crippen MR) is 225 cm³/mol. The van der Waals surface area contributed by atoms with E-state index in [1.807, 2.05) is 0 Å². The summed E-state index contributed by atoms with van der Waals surface area (Å²) in [5.74, 6) is -6.56. The van der Waals surface area contributed by atoms with Gasteiger partial charge in [0.05, 0.1) is 27.8 Å². The molecule has 16 nitrogen and oxygen atoms in total. The van der Waals surface area contributed by atoms with Crippen LogP contribution in [0.3, 0.4) is 0 Å². The summed E-state index contributed by atoms with van der Waals surface area (Å²) in [6, 6.07) is 29.2. The highest BCUT2D eigenvalue weighted by atomic mass is 79.9. The largest absolute Gasteiger partial charge is 0.459 e. The highest BCUT2D eigenvalue weighted by Gasteiger charge is 2.61. The van der Waals surface area contributed by atoms with E-state index in [0.29, 0.717) is 0 Å². The minimum atomic E-state index is -1.68. The van der Waals surface area contributed by atoms with Crippen LogP contribution in [0.15, 0.2) is 115 Å². The van der Waals surface area contributed by atoms with Gasteiger partial charge in [-0.15, -0.1) is 11.6 Å². The lowest BCUT2D eigenvalue weighted by atomic mass is 9.95. The molecule has 0 radical (unpaired) electrons. The van der Waals surface area contributed by atoms with E-state index in [-0.39, 0.29) is 27.8 Å². The molecule has 10 unspecified atom stereocenters. The predicted octanol–water partition coefficient (Wildman–Crippen LogP) is 5.49. The molecule has 4 aromatic carbocycles. The quantitative estimate of drug-likeness (QED) is 0.0708. The number of imide groups is 1. The van der Waals surface area contributed by atoms with Gasteiger partial charge in [0.1, 0.15) is 60.7 Å². The molecule has 0 N–H and O–H groups in total. The molecular formula is C46H41BrClNO15. The molecule has 10 atom stereocenters. The van der Waals surface area contributed by atoms with Crippen molar-refractivity contribution >= 4 is 63.2 Å². The lowest BCUT2D eigenvalue weighted by Gasteiger charge is -2.49. The summed E-state index contributed by atoms with van der Waals surface area (Å²) in [6.07, 6.45) is -11.0. The fraction of sp³-hybridized carbons (Fsp3) is 0.348. The van der Waals surface area contributed by atoms with Gasteiger partial charge in [-0.1, -0.05) is 82.7 Å². The van der Waals surface area contributed by atoms with Crippen molar-refractivity contribution in [3.8, 4) is 0 Å². The molecular weight excluding hydrogens is 922 g/mol. The molecule has 0 aromatic heterocycles. The number of halogens is 2. The molecule has 2 amide bonds. The van der Waals surface area contributed by atoms with E-state index in [2.05, 4.69) is 15.9 Å². The maximum absolute atomic E-state index is 14.1. The topological polar surface area (TPSA) is 189 Å². The summed E-state index contributed by atoms with van der Waals surface area (Å²) in [4.78, 5) is 82.8. The number of hydrogen-bond acceptors (Lipinski definition) is 15. The SMILES string of the molecule is CC1(C)OC2C(COC(=O)c3ccccc3)OC(OC3C(COC(=O)c4ccccc4)OC(Br)C(N4C(=O)c5ccccc5C4=O)C3OC(=O)CCl)C(OC(=O)c3ccccc3)C2O1. The van der Waals surface area contributed by atoms with Gasteiger partial charge < -0.3 is 42.6 Å². The van der Waals surface area contributed by atoms with Crippen molar-refractivity contribution in [3.63, 3.8) is 0 Å². The lowest BCUT2D eigenvalue weighted by Crippen LogP contribution is -2.68. The molecule has 0 aliphatic carbocycles. The average molecular weight is 963 g/mol. The number of rotatable bonds is 13. The van der Waals surface area contributed by atoms with Crippen LogP contribution >= 0.6 is 27.5 Å². The van der Waals surface area contributed by atoms with Gasteiger partial charge in [0.2, 0.25) is 0 Å². The summed E-state index contributed by atoms with van der Waals surface area (Å²) in [6.45, 7) is 2.34. The second-order valence-corrected chi connectivity index (χ2v) is 16.7. The number of amides is 2. The molecule has 8 rings (SSSR count). The minimum Gasteiger partial charge on any atom is -0.459 e. The number of benzene rings is 4. The molecule has 4 heterocycles. The number of hydrogen-bond donors (Lipinski definition) is 0. The first-order valence-corrected chi connectivity index (χ1v) is 21.7. The van der Waals surface area contributed by atoms with Crippen molar-refractivity contribution in [2.75, 3.05) is 19.1 Å². The van der Waals surface area contributed by atoms with Crippen molar-refractivity contribution < 1.29 is 71.4 Å².